The lowest BCUT2D eigenvalue weighted by molar-refractivity contribution is 0.0667. The van der Waals surface area contributed by atoms with Gasteiger partial charge in [-0.05, 0) is 43.7 Å². The number of alkyl halides is 1. The second kappa shape index (κ2) is 11.3. The second-order valence-electron chi connectivity index (χ2n) is 10.6. The Bertz CT molecular complexity index is 1140. The van der Waals surface area contributed by atoms with E-state index in [1.54, 1.807) is 5.56 Å². The van der Waals surface area contributed by atoms with Crippen molar-refractivity contribution in [2.24, 2.45) is 11.8 Å². The number of H-pyrrole nitrogens is 1. The Labute approximate surface area is 211 Å². The van der Waals surface area contributed by atoms with Crippen LogP contribution in [0.4, 0.5) is 13.2 Å². The highest BCUT2D eigenvalue weighted by Crippen LogP contribution is 2.33. The van der Waals surface area contributed by atoms with Crippen LogP contribution < -0.4 is 4.74 Å². The van der Waals surface area contributed by atoms with Crippen LogP contribution in [-0.4, -0.2) is 60.3 Å². The topological polar surface area (TPSA) is 31.5 Å². The van der Waals surface area contributed by atoms with Crippen LogP contribution in [0.3, 0.4) is 0 Å². The van der Waals surface area contributed by atoms with E-state index in [-0.39, 0.29) is 18.3 Å². The zero-order chi connectivity index (χ0) is 25.1. The van der Waals surface area contributed by atoms with Gasteiger partial charge in [0.2, 0.25) is 0 Å². The van der Waals surface area contributed by atoms with Crippen molar-refractivity contribution in [2.75, 3.05) is 39.5 Å². The molecule has 2 aromatic carbocycles. The van der Waals surface area contributed by atoms with Crippen molar-refractivity contribution in [3.05, 3.63) is 65.4 Å². The predicted octanol–water partition coefficient (Wildman–Crippen LogP) is 5.96. The number of rotatable bonds is 7. The molecule has 1 atom stereocenters. The zero-order valence-electron chi connectivity index (χ0n) is 21.0. The molecule has 4 nitrogen and oxygen atoms in total. The maximum atomic E-state index is 12.8. The summed E-state index contributed by atoms with van der Waals surface area (Å²) in [5.74, 6) is -0.0112. The van der Waals surface area contributed by atoms with Gasteiger partial charge in [0.15, 0.2) is 0 Å². The van der Waals surface area contributed by atoms with Crippen LogP contribution in [0.25, 0.3) is 10.9 Å². The first kappa shape index (κ1) is 25.2. The number of nitrogens with one attached hydrogen (secondary N) is 1. The fraction of sp³-hybridized carbons (Fsp3) is 0.517. The molecule has 1 unspecified atom stereocenters. The lowest BCUT2D eigenvalue weighted by Crippen LogP contribution is -2.49. The maximum Gasteiger partial charge on any atom is 0.129 e. The summed E-state index contributed by atoms with van der Waals surface area (Å²) in [4.78, 5) is 8.36. The molecule has 1 aromatic heterocycles. The van der Waals surface area contributed by atoms with E-state index in [1.807, 2.05) is 4.90 Å². The van der Waals surface area contributed by atoms with Crippen molar-refractivity contribution in [1.29, 1.82) is 0 Å². The summed E-state index contributed by atoms with van der Waals surface area (Å²) in [5.41, 5.74) is 4.33. The molecule has 7 heteroatoms. The molecular formula is C29H36F3N3O. The molecule has 194 valence electrons. The van der Waals surface area contributed by atoms with Crippen LogP contribution in [0.1, 0.15) is 37.4 Å². The standard InChI is InChI=1S/C17H22N2.C12H14F3NO/c1-12-9-15-14-7-2-3-8-16(14)18-17(15)11-19(12)10-13-5-4-6-13;13-6-9-7-16(8-9)1-2-17-12-4-10(14)3-11(15)5-12/h2-3,7-8,12-13,18H,4-6,9-11H2,1H3;3-5,9H,1-2,6-8H2. The Morgan fingerprint density at radius 1 is 1.03 bits per heavy atom. The summed E-state index contributed by atoms with van der Waals surface area (Å²) in [7, 11) is 0. The molecule has 0 radical (unpaired) electrons. The molecule has 2 aliphatic heterocycles. The van der Waals surface area contributed by atoms with Gasteiger partial charge in [-0.15, -0.1) is 0 Å². The van der Waals surface area contributed by atoms with E-state index in [9.17, 15) is 13.2 Å². The lowest BCUT2D eigenvalue weighted by Gasteiger charge is -2.38. The molecule has 3 aliphatic rings. The molecule has 1 saturated heterocycles. The van der Waals surface area contributed by atoms with E-state index in [0.717, 1.165) is 43.8 Å². The number of aromatic amines is 1. The third-order valence-electron chi connectivity index (χ3n) is 7.87. The summed E-state index contributed by atoms with van der Waals surface area (Å²) >= 11 is 0. The highest BCUT2D eigenvalue weighted by molar-refractivity contribution is 5.84. The summed E-state index contributed by atoms with van der Waals surface area (Å²) in [6.07, 6.45) is 5.54. The summed E-state index contributed by atoms with van der Waals surface area (Å²) in [6, 6.07) is 12.5. The monoisotopic (exact) mass is 499 g/mol. The fourth-order valence-electron chi connectivity index (χ4n) is 5.52. The third-order valence-corrected chi connectivity index (χ3v) is 7.87. The van der Waals surface area contributed by atoms with Gasteiger partial charge in [0.05, 0.1) is 6.67 Å². The van der Waals surface area contributed by atoms with Gasteiger partial charge in [0, 0.05) is 79.5 Å². The van der Waals surface area contributed by atoms with Gasteiger partial charge in [-0.25, -0.2) is 8.78 Å². The maximum absolute atomic E-state index is 12.8. The molecule has 3 heterocycles. The van der Waals surface area contributed by atoms with Crippen molar-refractivity contribution < 1.29 is 17.9 Å². The van der Waals surface area contributed by atoms with E-state index in [1.165, 1.54) is 48.8 Å². The molecule has 1 saturated carbocycles. The number of benzene rings is 2. The Balaban J connectivity index is 0.000000149. The molecule has 1 N–H and O–H groups in total. The van der Waals surface area contributed by atoms with Gasteiger partial charge < -0.3 is 9.72 Å². The smallest absolute Gasteiger partial charge is 0.129 e. The quantitative estimate of drug-likeness (QED) is 0.435. The molecular weight excluding hydrogens is 463 g/mol. The Morgan fingerprint density at radius 2 is 1.78 bits per heavy atom. The number of hydrogen-bond acceptors (Lipinski definition) is 3. The Morgan fingerprint density at radius 3 is 2.47 bits per heavy atom. The van der Waals surface area contributed by atoms with Gasteiger partial charge in [0.1, 0.15) is 24.0 Å². The molecule has 2 fully saturated rings. The van der Waals surface area contributed by atoms with Gasteiger partial charge in [-0.1, -0.05) is 24.6 Å². The number of aromatic nitrogens is 1. The zero-order valence-corrected chi connectivity index (χ0v) is 21.0. The molecule has 1 aliphatic carbocycles. The molecule has 3 aromatic rings. The largest absolute Gasteiger partial charge is 0.492 e. The molecule has 36 heavy (non-hydrogen) atoms. The SMILES string of the molecule is CC1Cc2c([nH]c3ccccc23)CN1CC1CCC1.FCC1CN(CCOc2cc(F)cc(F)c2)C1. The lowest BCUT2D eigenvalue weighted by atomic mass is 9.84. The number of para-hydroxylation sites is 1. The average molecular weight is 500 g/mol. The number of ether oxygens (including phenoxy) is 1. The van der Waals surface area contributed by atoms with Crippen molar-refractivity contribution in [3.63, 3.8) is 0 Å². The van der Waals surface area contributed by atoms with Crippen molar-refractivity contribution in [1.82, 2.24) is 14.8 Å². The van der Waals surface area contributed by atoms with Crippen molar-refractivity contribution >= 4 is 10.9 Å². The van der Waals surface area contributed by atoms with Crippen LogP contribution in [0.15, 0.2) is 42.5 Å². The van der Waals surface area contributed by atoms with E-state index in [0.29, 0.717) is 19.2 Å². The first-order valence-electron chi connectivity index (χ1n) is 13.2. The third kappa shape index (κ3) is 5.89. The second-order valence-corrected chi connectivity index (χ2v) is 10.6. The van der Waals surface area contributed by atoms with Gasteiger partial charge >= 0.3 is 0 Å². The van der Waals surface area contributed by atoms with Gasteiger partial charge in [0.25, 0.3) is 0 Å². The van der Waals surface area contributed by atoms with Crippen LogP contribution in [0, 0.1) is 23.5 Å². The van der Waals surface area contributed by atoms with Crippen LogP contribution >= 0.6 is 0 Å². The molecule has 6 rings (SSSR count). The van der Waals surface area contributed by atoms with Crippen molar-refractivity contribution in [3.8, 4) is 5.75 Å². The minimum absolute atomic E-state index is 0.140. The Hall–Kier alpha value is -2.51. The fourth-order valence-corrected chi connectivity index (χ4v) is 5.52. The Kier molecular flexibility index (Phi) is 7.87. The first-order chi connectivity index (χ1) is 17.5. The number of likely N-dealkylation sites (tertiary alicyclic amines) is 1. The van der Waals surface area contributed by atoms with E-state index < -0.39 is 11.6 Å². The summed E-state index contributed by atoms with van der Waals surface area (Å²) in [5, 5.41) is 1.44. The van der Waals surface area contributed by atoms with Crippen LogP contribution in [0.5, 0.6) is 5.75 Å². The molecule has 0 bridgehead atoms. The highest BCUT2D eigenvalue weighted by atomic mass is 19.1. The normalized spacial score (nSPS) is 20.8. The van der Waals surface area contributed by atoms with E-state index in [4.69, 9.17) is 4.74 Å². The van der Waals surface area contributed by atoms with Gasteiger partial charge in [-0.3, -0.25) is 14.2 Å². The number of nitrogens with zero attached hydrogens (tertiary/aromatic N) is 2. The minimum atomic E-state index is -0.651. The summed E-state index contributed by atoms with van der Waals surface area (Å²) in [6.45, 7) is 6.98. The van der Waals surface area contributed by atoms with E-state index in [2.05, 4.69) is 41.1 Å². The van der Waals surface area contributed by atoms with Crippen LogP contribution in [-0.2, 0) is 13.0 Å². The predicted molar refractivity (Wildman–Crippen MR) is 137 cm³/mol. The van der Waals surface area contributed by atoms with Crippen molar-refractivity contribution in [2.45, 2.75) is 45.2 Å². The number of halogens is 3. The molecule has 0 spiro atoms. The minimum Gasteiger partial charge on any atom is -0.492 e. The number of hydrogen-bond donors (Lipinski definition) is 1. The first-order valence-corrected chi connectivity index (χ1v) is 13.2. The summed E-state index contributed by atoms with van der Waals surface area (Å²) < 4.78 is 43.0. The highest BCUT2D eigenvalue weighted by Gasteiger charge is 2.29. The average Bonchev–Trinajstić information content (AvgIpc) is 3.15. The number of fused-ring (bicyclic) bond motifs is 3. The van der Waals surface area contributed by atoms with E-state index >= 15 is 0 Å². The van der Waals surface area contributed by atoms with Gasteiger partial charge in [-0.2, -0.15) is 0 Å². The van der Waals surface area contributed by atoms with Crippen LogP contribution in [0.2, 0.25) is 0 Å². The molecule has 0 amide bonds.